The number of benzene rings is 1. The average molecular weight is 410 g/mol. The largest absolute Gasteiger partial charge is 0.326 e. The zero-order chi connectivity index (χ0) is 20.5. The van der Waals surface area contributed by atoms with Gasteiger partial charge in [0.25, 0.3) is 5.56 Å². The fourth-order valence-electron chi connectivity index (χ4n) is 3.67. The minimum atomic E-state index is -0.307. The Balaban J connectivity index is 1.52. The minimum Gasteiger partial charge on any atom is -0.326 e. The van der Waals surface area contributed by atoms with Crippen molar-refractivity contribution < 1.29 is 9.59 Å². The molecule has 0 spiro atoms. The standard InChI is InChI=1S/C21H22N4O3S/c1-12-3-8-16-17(9-12)29-20-19(16)21(28)25(11-22-20)10-18(27)24-15-6-4-14(5-7-15)23-13(2)26/h4-7,11-12H,3,8-10H2,1-2H3,(H,23,26)(H,24,27). The monoisotopic (exact) mass is 410 g/mol. The van der Waals surface area contributed by atoms with E-state index in [1.807, 2.05) is 0 Å². The lowest BCUT2D eigenvalue weighted by Gasteiger charge is -2.17. The first-order valence-corrected chi connectivity index (χ1v) is 10.4. The van der Waals surface area contributed by atoms with E-state index in [9.17, 15) is 14.4 Å². The van der Waals surface area contributed by atoms with E-state index in [4.69, 9.17) is 0 Å². The van der Waals surface area contributed by atoms with Gasteiger partial charge in [-0.05, 0) is 55.0 Å². The lowest BCUT2D eigenvalue weighted by atomic mass is 9.89. The topological polar surface area (TPSA) is 93.1 Å². The summed E-state index contributed by atoms with van der Waals surface area (Å²) in [6.07, 6.45) is 4.41. The van der Waals surface area contributed by atoms with Gasteiger partial charge in [0.05, 0.1) is 11.7 Å². The summed E-state index contributed by atoms with van der Waals surface area (Å²) in [6.45, 7) is 3.56. The van der Waals surface area contributed by atoms with Gasteiger partial charge >= 0.3 is 0 Å². The quantitative estimate of drug-likeness (QED) is 0.691. The molecule has 1 aliphatic rings. The minimum absolute atomic E-state index is 0.101. The molecule has 0 saturated carbocycles. The summed E-state index contributed by atoms with van der Waals surface area (Å²) in [7, 11) is 0. The van der Waals surface area contributed by atoms with Gasteiger partial charge in [0, 0.05) is 23.2 Å². The van der Waals surface area contributed by atoms with Gasteiger partial charge in [0.1, 0.15) is 11.4 Å². The number of rotatable bonds is 4. The third-order valence-electron chi connectivity index (χ3n) is 5.09. The van der Waals surface area contributed by atoms with Gasteiger partial charge in [-0.25, -0.2) is 4.98 Å². The van der Waals surface area contributed by atoms with Gasteiger partial charge in [0.2, 0.25) is 11.8 Å². The molecule has 2 heterocycles. The van der Waals surface area contributed by atoms with Crippen LogP contribution in [-0.2, 0) is 29.0 Å². The van der Waals surface area contributed by atoms with Crippen molar-refractivity contribution in [2.75, 3.05) is 10.6 Å². The molecule has 8 heteroatoms. The van der Waals surface area contributed by atoms with E-state index in [-0.39, 0.29) is 23.9 Å². The zero-order valence-corrected chi connectivity index (χ0v) is 17.1. The Kier molecular flexibility index (Phi) is 5.19. The van der Waals surface area contributed by atoms with Crippen molar-refractivity contribution in [3.8, 4) is 0 Å². The van der Waals surface area contributed by atoms with Crippen molar-refractivity contribution in [2.24, 2.45) is 5.92 Å². The highest BCUT2D eigenvalue weighted by atomic mass is 32.1. The second-order valence-electron chi connectivity index (χ2n) is 7.52. The fraction of sp³-hybridized carbons (Fsp3) is 0.333. The molecule has 0 radical (unpaired) electrons. The summed E-state index contributed by atoms with van der Waals surface area (Å²) in [5, 5.41) is 6.11. The number of aryl methyl sites for hydroxylation is 1. The van der Waals surface area contributed by atoms with E-state index in [2.05, 4.69) is 22.5 Å². The van der Waals surface area contributed by atoms with E-state index in [1.54, 1.807) is 35.6 Å². The number of fused-ring (bicyclic) bond motifs is 3. The molecule has 0 aliphatic heterocycles. The van der Waals surface area contributed by atoms with Crippen molar-refractivity contribution in [3.63, 3.8) is 0 Å². The Morgan fingerprint density at radius 1 is 1.21 bits per heavy atom. The SMILES string of the molecule is CC(=O)Nc1ccc(NC(=O)Cn2cnc3sc4c(c3c2=O)CCC(C)C4)cc1. The summed E-state index contributed by atoms with van der Waals surface area (Å²) < 4.78 is 1.37. The zero-order valence-electron chi connectivity index (χ0n) is 16.3. The lowest BCUT2D eigenvalue weighted by Crippen LogP contribution is -2.28. The molecule has 2 aromatic heterocycles. The van der Waals surface area contributed by atoms with Crippen LogP contribution in [0.4, 0.5) is 11.4 Å². The summed E-state index contributed by atoms with van der Waals surface area (Å²) in [5.74, 6) is 0.160. The highest BCUT2D eigenvalue weighted by Gasteiger charge is 2.23. The molecule has 4 rings (SSSR count). The summed E-state index contributed by atoms with van der Waals surface area (Å²) in [5.41, 5.74) is 2.20. The molecule has 29 heavy (non-hydrogen) atoms. The number of amides is 2. The van der Waals surface area contributed by atoms with Crippen molar-refractivity contribution in [1.82, 2.24) is 9.55 Å². The first-order chi connectivity index (χ1) is 13.9. The smallest absolute Gasteiger partial charge is 0.262 e. The van der Waals surface area contributed by atoms with Crippen LogP contribution in [0.15, 0.2) is 35.4 Å². The highest BCUT2D eigenvalue weighted by molar-refractivity contribution is 7.18. The molecule has 7 nitrogen and oxygen atoms in total. The lowest BCUT2D eigenvalue weighted by molar-refractivity contribution is -0.117. The molecular formula is C21H22N4O3S. The molecule has 2 N–H and O–H groups in total. The van der Waals surface area contributed by atoms with Crippen LogP contribution in [0.2, 0.25) is 0 Å². The predicted molar refractivity (Wildman–Crippen MR) is 114 cm³/mol. The Morgan fingerprint density at radius 2 is 1.90 bits per heavy atom. The first-order valence-electron chi connectivity index (χ1n) is 9.58. The second-order valence-corrected chi connectivity index (χ2v) is 8.60. The fourth-order valence-corrected chi connectivity index (χ4v) is 5.02. The maximum Gasteiger partial charge on any atom is 0.262 e. The Bertz CT molecular complexity index is 1150. The van der Waals surface area contributed by atoms with Crippen molar-refractivity contribution in [2.45, 2.75) is 39.7 Å². The van der Waals surface area contributed by atoms with Crippen LogP contribution in [0.1, 0.15) is 30.7 Å². The number of thiophene rings is 1. The van der Waals surface area contributed by atoms with Crippen LogP contribution in [0.25, 0.3) is 10.2 Å². The summed E-state index contributed by atoms with van der Waals surface area (Å²) in [6, 6.07) is 6.80. The second kappa shape index (κ2) is 7.79. The number of aromatic nitrogens is 2. The van der Waals surface area contributed by atoms with Gasteiger partial charge in [-0.3, -0.25) is 19.0 Å². The van der Waals surface area contributed by atoms with Gasteiger partial charge in [-0.2, -0.15) is 0 Å². The van der Waals surface area contributed by atoms with Crippen molar-refractivity contribution in [1.29, 1.82) is 0 Å². The van der Waals surface area contributed by atoms with Gasteiger partial charge < -0.3 is 10.6 Å². The van der Waals surface area contributed by atoms with E-state index in [0.717, 1.165) is 29.7 Å². The maximum atomic E-state index is 13.0. The third kappa shape index (κ3) is 4.07. The molecule has 2 amide bonds. The highest BCUT2D eigenvalue weighted by Crippen LogP contribution is 2.35. The van der Waals surface area contributed by atoms with E-state index < -0.39 is 0 Å². The van der Waals surface area contributed by atoms with Gasteiger partial charge in [0.15, 0.2) is 0 Å². The molecular weight excluding hydrogens is 388 g/mol. The van der Waals surface area contributed by atoms with Crippen molar-refractivity contribution >= 4 is 44.7 Å². The molecule has 0 fully saturated rings. The average Bonchev–Trinajstić information content (AvgIpc) is 3.03. The number of carbonyl (C=O) groups is 2. The number of hydrogen-bond donors (Lipinski definition) is 2. The van der Waals surface area contributed by atoms with Crippen molar-refractivity contribution in [3.05, 3.63) is 51.4 Å². The predicted octanol–water partition coefficient (Wildman–Crippen LogP) is 3.18. The van der Waals surface area contributed by atoms with Crippen LogP contribution in [0, 0.1) is 5.92 Å². The summed E-state index contributed by atoms with van der Waals surface area (Å²) in [4.78, 5) is 42.9. The summed E-state index contributed by atoms with van der Waals surface area (Å²) >= 11 is 1.60. The van der Waals surface area contributed by atoms with Crippen LogP contribution >= 0.6 is 11.3 Å². The van der Waals surface area contributed by atoms with E-state index in [0.29, 0.717) is 22.7 Å². The number of hydrogen-bond acceptors (Lipinski definition) is 5. The van der Waals surface area contributed by atoms with Crippen LogP contribution in [0.3, 0.4) is 0 Å². The van der Waals surface area contributed by atoms with E-state index in [1.165, 1.54) is 22.7 Å². The molecule has 1 atom stereocenters. The number of anilines is 2. The Hall–Kier alpha value is -3.00. The maximum absolute atomic E-state index is 13.0. The molecule has 0 saturated heterocycles. The Labute approximate surface area is 171 Å². The van der Waals surface area contributed by atoms with Gasteiger partial charge in [-0.1, -0.05) is 6.92 Å². The molecule has 0 bridgehead atoms. The molecule has 1 aliphatic carbocycles. The molecule has 150 valence electrons. The normalized spacial score (nSPS) is 15.7. The first kappa shape index (κ1) is 19.3. The third-order valence-corrected chi connectivity index (χ3v) is 6.25. The van der Waals surface area contributed by atoms with Crippen LogP contribution in [0.5, 0.6) is 0 Å². The Morgan fingerprint density at radius 3 is 2.59 bits per heavy atom. The molecule has 1 aromatic carbocycles. The van der Waals surface area contributed by atoms with Crippen LogP contribution in [-0.4, -0.2) is 21.4 Å². The molecule has 1 unspecified atom stereocenters. The number of nitrogens with zero attached hydrogens (tertiary/aromatic N) is 2. The number of carbonyl (C=O) groups excluding carboxylic acids is 2. The van der Waals surface area contributed by atoms with Gasteiger partial charge in [-0.15, -0.1) is 11.3 Å². The number of nitrogens with one attached hydrogen (secondary N) is 2. The van der Waals surface area contributed by atoms with Crippen LogP contribution < -0.4 is 16.2 Å². The molecule has 3 aromatic rings. The van der Waals surface area contributed by atoms with E-state index >= 15 is 0 Å².